The van der Waals surface area contributed by atoms with Crippen LogP contribution in [0.25, 0.3) is 0 Å². The van der Waals surface area contributed by atoms with Crippen molar-refractivity contribution in [2.75, 3.05) is 18.2 Å². The Morgan fingerprint density at radius 1 is 1.50 bits per heavy atom. The lowest BCUT2D eigenvalue weighted by Gasteiger charge is -2.08. The van der Waals surface area contributed by atoms with E-state index < -0.39 is 5.91 Å². The third kappa shape index (κ3) is 2.27. The number of hydrogen-bond donors (Lipinski definition) is 2. The minimum atomic E-state index is -0.398. The van der Waals surface area contributed by atoms with Crippen LogP contribution >= 0.6 is 0 Å². The molecule has 1 aromatic heterocycles. The van der Waals surface area contributed by atoms with Gasteiger partial charge in [0.25, 0.3) is 5.91 Å². The van der Waals surface area contributed by atoms with Gasteiger partial charge in [-0.1, -0.05) is 0 Å². The van der Waals surface area contributed by atoms with Crippen molar-refractivity contribution in [3.8, 4) is 5.75 Å². The van der Waals surface area contributed by atoms with Crippen molar-refractivity contribution in [1.29, 1.82) is 0 Å². The van der Waals surface area contributed by atoms with Crippen LogP contribution < -0.4 is 15.8 Å². The highest BCUT2D eigenvalue weighted by atomic mass is 16.5. The number of nitrogens with one attached hydrogen (secondary N) is 1. The quantitative estimate of drug-likeness (QED) is 0.807. The van der Waals surface area contributed by atoms with Crippen molar-refractivity contribution in [3.63, 3.8) is 0 Å². The van der Waals surface area contributed by atoms with Gasteiger partial charge in [0.15, 0.2) is 6.39 Å². The summed E-state index contributed by atoms with van der Waals surface area (Å²) in [4.78, 5) is 15.8. The molecule has 18 heavy (non-hydrogen) atoms. The Morgan fingerprint density at radius 2 is 2.28 bits per heavy atom. The summed E-state index contributed by atoms with van der Waals surface area (Å²) in [6.07, 6.45) is 1.22. The number of hydrogen-bond acceptors (Lipinski definition) is 5. The van der Waals surface area contributed by atoms with E-state index >= 15 is 0 Å². The third-order valence-corrected chi connectivity index (χ3v) is 2.46. The molecule has 0 saturated heterocycles. The molecule has 3 N–H and O–H groups in total. The predicted molar refractivity (Wildman–Crippen MR) is 66.6 cm³/mol. The molecule has 0 saturated carbocycles. The maximum atomic E-state index is 11.9. The summed E-state index contributed by atoms with van der Waals surface area (Å²) in [6.45, 7) is 1.69. The minimum Gasteiger partial charge on any atom is -0.497 e. The van der Waals surface area contributed by atoms with Crippen molar-refractivity contribution in [3.05, 3.63) is 36.0 Å². The van der Waals surface area contributed by atoms with Crippen molar-refractivity contribution in [2.24, 2.45) is 0 Å². The number of benzene rings is 1. The standard InChI is InChI=1S/C12H13N3O3/c1-7-11(18-6-14-7)12(16)15-10-5-8(17-2)3-4-9(10)13/h3-6H,13H2,1-2H3,(H,15,16). The van der Waals surface area contributed by atoms with E-state index in [2.05, 4.69) is 10.3 Å². The highest BCUT2D eigenvalue weighted by Crippen LogP contribution is 2.25. The van der Waals surface area contributed by atoms with Crippen LogP contribution in [-0.4, -0.2) is 18.0 Å². The van der Waals surface area contributed by atoms with Crippen LogP contribution in [0.15, 0.2) is 29.0 Å². The second-order valence-electron chi connectivity index (χ2n) is 3.67. The Labute approximate surface area is 104 Å². The first-order valence-corrected chi connectivity index (χ1v) is 5.26. The molecule has 1 amide bonds. The molecule has 0 unspecified atom stereocenters. The fraction of sp³-hybridized carbons (Fsp3) is 0.167. The molecule has 0 bridgehead atoms. The summed E-state index contributed by atoms with van der Waals surface area (Å²) in [7, 11) is 1.54. The second kappa shape index (κ2) is 4.79. The van der Waals surface area contributed by atoms with E-state index in [4.69, 9.17) is 14.9 Å². The van der Waals surface area contributed by atoms with E-state index in [0.717, 1.165) is 0 Å². The molecule has 0 fully saturated rings. The first-order valence-electron chi connectivity index (χ1n) is 5.26. The Hall–Kier alpha value is -2.50. The van der Waals surface area contributed by atoms with Crippen LogP contribution in [0.1, 0.15) is 16.2 Å². The van der Waals surface area contributed by atoms with Crippen molar-refractivity contribution in [2.45, 2.75) is 6.92 Å². The normalized spacial score (nSPS) is 10.1. The maximum Gasteiger partial charge on any atom is 0.293 e. The number of methoxy groups -OCH3 is 1. The van der Waals surface area contributed by atoms with E-state index in [1.807, 2.05) is 0 Å². The molecule has 2 aromatic rings. The summed E-state index contributed by atoms with van der Waals surface area (Å²) >= 11 is 0. The predicted octanol–water partition coefficient (Wildman–Crippen LogP) is 1.83. The SMILES string of the molecule is COc1ccc(N)c(NC(=O)c2ocnc2C)c1. The van der Waals surface area contributed by atoms with Gasteiger partial charge in [0.1, 0.15) is 5.75 Å². The number of nitrogen functional groups attached to an aromatic ring is 1. The molecular formula is C12H13N3O3. The molecule has 0 aliphatic heterocycles. The number of nitrogens with zero attached hydrogens (tertiary/aromatic N) is 1. The maximum absolute atomic E-state index is 11.9. The minimum absolute atomic E-state index is 0.164. The first kappa shape index (κ1) is 12.0. The average molecular weight is 247 g/mol. The largest absolute Gasteiger partial charge is 0.497 e. The van der Waals surface area contributed by atoms with Gasteiger partial charge in [-0.25, -0.2) is 4.98 Å². The molecule has 1 aromatic carbocycles. The molecule has 0 atom stereocenters. The fourth-order valence-corrected chi connectivity index (χ4v) is 1.47. The summed E-state index contributed by atoms with van der Waals surface area (Å²) in [6, 6.07) is 5.01. The number of aromatic nitrogens is 1. The van der Waals surface area contributed by atoms with Crippen LogP contribution in [0, 0.1) is 6.92 Å². The molecule has 0 spiro atoms. The lowest BCUT2D eigenvalue weighted by molar-refractivity contribution is 0.0996. The van der Waals surface area contributed by atoms with Gasteiger partial charge < -0.3 is 20.2 Å². The topological polar surface area (TPSA) is 90.4 Å². The van der Waals surface area contributed by atoms with Crippen molar-refractivity contribution >= 4 is 17.3 Å². The van der Waals surface area contributed by atoms with Crippen LogP contribution in [-0.2, 0) is 0 Å². The van der Waals surface area contributed by atoms with E-state index in [-0.39, 0.29) is 5.76 Å². The lowest BCUT2D eigenvalue weighted by atomic mass is 10.2. The number of nitrogens with two attached hydrogens (primary N) is 1. The number of rotatable bonds is 3. The van der Waals surface area contributed by atoms with Gasteiger partial charge in [-0.15, -0.1) is 0 Å². The summed E-state index contributed by atoms with van der Waals surface area (Å²) in [5, 5.41) is 2.65. The van der Waals surface area contributed by atoms with Crippen molar-refractivity contribution in [1.82, 2.24) is 4.98 Å². The Morgan fingerprint density at radius 3 is 2.89 bits per heavy atom. The van der Waals surface area contributed by atoms with Gasteiger partial charge in [0.05, 0.1) is 24.2 Å². The van der Waals surface area contributed by atoms with E-state index in [1.54, 1.807) is 25.1 Å². The smallest absolute Gasteiger partial charge is 0.293 e. The van der Waals surface area contributed by atoms with Gasteiger partial charge in [-0.2, -0.15) is 0 Å². The number of carbonyl (C=O) groups excluding carboxylic acids is 1. The number of oxazole rings is 1. The number of ether oxygens (including phenoxy) is 1. The Bertz CT molecular complexity index is 578. The van der Waals surface area contributed by atoms with Crippen LogP contribution in [0.5, 0.6) is 5.75 Å². The van der Waals surface area contributed by atoms with Gasteiger partial charge in [0.2, 0.25) is 5.76 Å². The fourth-order valence-electron chi connectivity index (χ4n) is 1.47. The highest BCUT2D eigenvalue weighted by Gasteiger charge is 2.15. The number of anilines is 2. The molecule has 0 aliphatic rings. The molecule has 94 valence electrons. The number of aryl methyl sites for hydroxylation is 1. The third-order valence-electron chi connectivity index (χ3n) is 2.46. The first-order chi connectivity index (χ1) is 8.61. The van der Waals surface area contributed by atoms with Gasteiger partial charge in [-0.3, -0.25) is 4.79 Å². The summed E-state index contributed by atoms with van der Waals surface area (Å²) in [5.74, 6) is 0.371. The Kier molecular flexibility index (Phi) is 3.18. The van der Waals surface area contributed by atoms with Gasteiger partial charge >= 0.3 is 0 Å². The molecule has 2 rings (SSSR count). The second-order valence-corrected chi connectivity index (χ2v) is 3.67. The zero-order valence-corrected chi connectivity index (χ0v) is 10.1. The number of carbonyl (C=O) groups is 1. The van der Waals surface area contributed by atoms with E-state index in [9.17, 15) is 4.79 Å². The van der Waals surface area contributed by atoms with E-state index in [1.165, 1.54) is 13.5 Å². The zero-order chi connectivity index (χ0) is 13.1. The monoisotopic (exact) mass is 247 g/mol. The molecule has 6 nitrogen and oxygen atoms in total. The van der Waals surface area contributed by atoms with Gasteiger partial charge in [0, 0.05) is 6.07 Å². The lowest BCUT2D eigenvalue weighted by Crippen LogP contribution is -2.13. The van der Waals surface area contributed by atoms with Crippen LogP contribution in [0.4, 0.5) is 11.4 Å². The molecule has 0 radical (unpaired) electrons. The van der Waals surface area contributed by atoms with Crippen molar-refractivity contribution < 1.29 is 13.9 Å². The molecule has 1 heterocycles. The molecule has 6 heteroatoms. The number of amides is 1. The van der Waals surface area contributed by atoms with E-state index in [0.29, 0.717) is 22.8 Å². The summed E-state index contributed by atoms with van der Waals surface area (Å²) in [5.41, 5.74) is 7.20. The average Bonchev–Trinajstić information content (AvgIpc) is 2.78. The highest BCUT2D eigenvalue weighted by molar-refractivity contribution is 6.04. The molecule has 0 aliphatic carbocycles. The summed E-state index contributed by atoms with van der Waals surface area (Å²) < 4.78 is 10.1. The van der Waals surface area contributed by atoms with Crippen LogP contribution in [0.2, 0.25) is 0 Å². The Balaban J connectivity index is 2.24. The molecular weight excluding hydrogens is 234 g/mol. The van der Waals surface area contributed by atoms with Gasteiger partial charge in [-0.05, 0) is 19.1 Å². The zero-order valence-electron chi connectivity index (χ0n) is 10.1. The van der Waals surface area contributed by atoms with Crippen LogP contribution in [0.3, 0.4) is 0 Å².